The quantitative estimate of drug-likeness (QED) is 0.652. The van der Waals surface area contributed by atoms with Crippen LogP contribution in [0.15, 0.2) is 12.1 Å². The monoisotopic (exact) mass is 209 g/mol. The number of hydrogen-bond donors (Lipinski definition) is 1. The topological polar surface area (TPSA) is 38.3 Å². The summed E-state index contributed by atoms with van der Waals surface area (Å²) >= 11 is 0. The van der Waals surface area contributed by atoms with Crippen molar-refractivity contribution in [1.29, 1.82) is 0 Å². The summed E-state index contributed by atoms with van der Waals surface area (Å²) in [7, 11) is 2.63. The van der Waals surface area contributed by atoms with Crippen molar-refractivity contribution in [3.63, 3.8) is 0 Å². The molecule has 1 heterocycles. The van der Waals surface area contributed by atoms with E-state index in [1.807, 2.05) is 19.1 Å². The summed E-state index contributed by atoms with van der Waals surface area (Å²) in [6.07, 6.45) is -0.405. The first-order chi connectivity index (χ1) is 6.58. The highest BCUT2D eigenvalue weighted by molar-refractivity contribution is 7.27. The van der Waals surface area contributed by atoms with Crippen molar-refractivity contribution in [3.8, 4) is 5.75 Å². The van der Waals surface area contributed by atoms with E-state index in [9.17, 15) is 4.79 Å². The fraction of sp³-hybridized carbons (Fsp3) is 0.300. The van der Waals surface area contributed by atoms with Gasteiger partial charge in [0, 0.05) is 0 Å². The minimum Gasteiger partial charge on any atom is -0.479 e. The van der Waals surface area contributed by atoms with Gasteiger partial charge in [-0.25, -0.2) is 0 Å². The van der Waals surface area contributed by atoms with Crippen molar-refractivity contribution < 1.29 is 9.53 Å². The highest BCUT2D eigenvalue weighted by Gasteiger charge is 2.23. The molecule has 0 aliphatic carbocycles. The van der Waals surface area contributed by atoms with Crippen LogP contribution in [-0.2, 0) is 4.79 Å². The van der Waals surface area contributed by atoms with Gasteiger partial charge in [-0.05, 0) is 36.8 Å². The van der Waals surface area contributed by atoms with Gasteiger partial charge in [0.15, 0.2) is 6.10 Å². The Morgan fingerprint density at radius 3 is 2.93 bits per heavy atom. The lowest BCUT2D eigenvalue weighted by atomic mass is 10.1. The molecule has 3 nitrogen and oxygen atoms in total. The van der Waals surface area contributed by atoms with Crippen LogP contribution in [0.4, 0.5) is 5.69 Å². The summed E-state index contributed by atoms with van der Waals surface area (Å²) in [6.45, 7) is 3.75. The van der Waals surface area contributed by atoms with E-state index in [0.717, 1.165) is 22.3 Å². The molecular formula is C10H12NO2P. The molecule has 0 fully saturated rings. The molecule has 1 aromatic carbocycles. The zero-order valence-corrected chi connectivity index (χ0v) is 9.28. The van der Waals surface area contributed by atoms with E-state index in [1.54, 1.807) is 6.92 Å². The summed E-state index contributed by atoms with van der Waals surface area (Å²) in [4.78, 5) is 11.3. The maximum Gasteiger partial charge on any atom is 0.265 e. The van der Waals surface area contributed by atoms with Crippen molar-refractivity contribution in [2.24, 2.45) is 0 Å². The van der Waals surface area contributed by atoms with E-state index < -0.39 is 6.10 Å². The molecule has 1 amide bonds. The SMILES string of the molecule is Cc1cc2c(cc1P)NC(=O)C(C)O2. The molecule has 0 radical (unpaired) electrons. The third-order valence-electron chi connectivity index (χ3n) is 2.30. The van der Waals surface area contributed by atoms with E-state index in [2.05, 4.69) is 14.6 Å². The number of carbonyl (C=O) groups excluding carboxylic acids is 1. The second-order valence-corrected chi connectivity index (χ2v) is 4.08. The summed E-state index contributed by atoms with van der Waals surface area (Å²) in [5.41, 5.74) is 1.89. The maximum atomic E-state index is 11.3. The number of aryl methyl sites for hydroxylation is 1. The van der Waals surface area contributed by atoms with Crippen LogP contribution in [0.3, 0.4) is 0 Å². The minimum absolute atomic E-state index is 0.0919. The molecule has 1 aliphatic heterocycles. The van der Waals surface area contributed by atoms with Gasteiger partial charge in [-0.3, -0.25) is 4.79 Å². The van der Waals surface area contributed by atoms with Gasteiger partial charge in [0.25, 0.3) is 5.91 Å². The molecule has 0 spiro atoms. The first-order valence-electron chi connectivity index (χ1n) is 4.45. The second kappa shape index (κ2) is 3.25. The Morgan fingerprint density at radius 2 is 2.21 bits per heavy atom. The summed E-state index contributed by atoms with van der Waals surface area (Å²) < 4.78 is 5.46. The molecular weight excluding hydrogens is 197 g/mol. The number of fused-ring (bicyclic) bond motifs is 1. The Kier molecular flexibility index (Phi) is 2.20. The average molecular weight is 209 g/mol. The zero-order chi connectivity index (χ0) is 10.3. The van der Waals surface area contributed by atoms with Crippen LogP contribution < -0.4 is 15.4 Å². The third kappa shape index (κ3) is 1.48. The van der Waals surface area contributed by atoms with E-state index in [1.165, 1.54) is 0 Å². The molecule has 1 N–H and O–H groups in total. The molecule has 4 heteroatoms. The standard InChI is InChI=1S/C10H12NO2P/c1-5-3-8-7(4-9(5)14)11-10(12)6(2)13-8/h3-4,6H,14H2,1-2H3,(H,11,12). The van der Waals surface area contributed by atoms with Crippen LogP contribution >= 0.6 is 9.24 Å². The number of ether oxygens (including phenoxy) is 1. The predicted octanol–water partition coefficient (Wildman–Crippen LogP) is 1.21. The van der Waals surface area contributed by atoms with Crippen molar-refractivity contribution in [1.82, 2.24) is 0 Å². The van der Waals surface area contributed by atoms with E-state index in [4.69, 9.17) is 4.74 Å². The number of anilines is 1. The number of amides is 1. The lowest BCUT2D eigenvalue weighted by Crippen LogP contribution is -2.34. The Labute approximate surface area is 85.0 Å². The van der Waals surface area contributed by atoms with Gasteiger partial charge in [-0.1, -0.05) is 0 Å². The van der Waals surface area contributed by atoms with Gasteiger partial charge in [0.2, 0.25) is 0 Å². The number of carbonyl (C=O) groups is 1. The van der Waals surface area contributed by atoms with Gasteiger partial charge in [-0.15, -0.1) is 9.24 Å². The molecule has 1 aliphatic rings. The lowest BCUT2D eigenvalue weighted by Gasteiger charge is -2.24. The van der Waals surface area contributed by atoms with Gasteiger partial charge in [-0.2, -0.15) is 0 Å². The summed E-state index contributed by atoms with van der Waals surface area (Å²) in [5, 5.41) is 3.87. The van der Waals surface area contributed by atoms with Crippen LogP contribution in [-0.4, -0.2) is 12.0 Å². The van der Waals surface area contributed by atoms with E-state index in [-0.39, 0.29) is 5.91 Å². The minimum atomic E-state index is -0.405. The van der Waals surface area contributed by atoms with Crippen LogP contribution in [0, 0.1) is 6.92 Å². The predicted molar refractivity (Wildman–Crippen MR) is 59.2 cm³/mol. The molecule has 0 bridgehead atoms. The average Bonchev–Trinajstić information content (AvgIpc) is 2.11. The molecule has 0 saturated carbocycles. The van der Waals surface area contributed by atoms with Crippen LogP contribution in [0.1, 0.15) is 12.5 Å². The number of benzene rings is 1. The molecule has 2 rings (SSSR count). The Bertz CT molecular complexity index is 403. The zero-order valence-electron chi connectivity index (χ0n) is 8.13. The largest absolute Gasteiger partial charge is 0.479 e. The molecule has 14 heavy (non-hydrogen) atoms. The lowest BCUT2D eigenvalue weighted by molar-refractivity contribution is -0.122. The van der Waals surface area contributed by atoms with Crippen LogP contribution in [0.25, 0.3) is 0 Å². The maximum absolute atomic E-state index is 11.3. The normalized spacial score (nSPS) is 19.6. The smallest absolute Gasteiger partial charge is 0.265 e. The summed E-state index contributed by atoms with van der Waals surface area (Å²) in [5.74, 6) is 0.659. The fourth-order valence-corrected chi connectivity index (χ4v) is 1.62. The number of rotatable bonds is 0. The van der Waals surface area contributed by atoms with Gasteiger partial charge < -0.3 is 10.1 Å². The van der Waals surface area contributed by atoms with Crippen molar-refractivity contribution in [2.45, 2.75) is 20.0 Å². The Hall–Kier alpha value is -1.08. The summed E-state index contributed by atoms with van der Waals surface area (Å²) in [6, 6.07) is 3.84. The van der Waals surface area contributed by atoms with Crippen LogP contribution in [0.2, 0.25) is 0 Å². The first kappa shape index (κ1) is 9.47. The third-order valence-corrected chi connectivity index (χ3v) is 2.92. The second-order valence-electron chi connectivity index (χ2n) is 3.45. The van der Waals surface area contributed by atoms with Gasteiger partial charge in [0.1, 0.15) is 5.75 Å². The van der Waals surface area contributed by atoms with Gasteiger partial charge in [0.05, 0.1) is 5.69 Å². The number of nitrogens with one attached hydrogen (secondary N) is 1. The molecule has 2 unspecified atom stereocenters. The highest BCUT2D eigenvalue weighted by atomic mass is 31.0. The van der Waals surface area contributed by atoms with E-state index >= 15 is 0 Å². The molecule has 2 atom stereocenters. The van der Waals surface area contributed by atoms with Gasteiger partial charge >= 0.3 is 0 Å². The van der Waals surface area contributed by atoms with Crippen molar-refractivity contribution >= 4 is 26.1 Å². The van der Waals surface area contributed by atoms with Crippen LogP contribution in [0.5, 0.6) is 5.75 Å². The van der Waals surface area contributed by atoms with Crippen molar-refractivity contribution in [3.05, 3.63) is 17.7 Å². The van der Waals surface area contributed by atoms with E-state index in [0.29, 0.717) is 0 Å². The number of hydrogen-bond acceptors (Lipinski definition) is 2. The Balaban J connectivity index is 2.47. The molecule has 0 saturated heterocycles. The molecule has 74 valence electrons. The molecule has 0 aromatic heterocycles. The fourth-order valence-electron chi connectivity index (χ4n) is 1.37. The first-order valence-corrected chi connectivity index (χ1v) is 5.03. The highest BCUT2D eigenvalue weighted by Crippen LogP contribution is 2.29. The Morgan fingerprint density at radius 1 is 1.50 bits per heavy atom. The molecule has 1 aromatic rings. The van der Waals surface area contributed by atoms with Crippen molar-refractivity contribution in [2.75, 3.05) is 5.32 Å².